The second-order valence-corrected chi connectivity index (χ2v) is 9.06. The van der Waals surface area contributed by atoms with Crippen molar-refractivity contribution in [2.75, 3.05) is 0 Å². The van der Waals surface area contributed by atoms with E-state index in [0.29, 0.717) is 17.3 Å². The van der Waals surface area contributed by atoms with E-state index in [9.17, 15) is 9.59 Å². The number of carbonyl (C=O) groups is 2. The van der Waals surface area contributed by atoms with Gasteiger partial charge >= 0.3 is 5.97 Å². The fourth-order valence-corrected chi connectivity index (χ4v) is 4.73. The number of aliphatic imine (C=N–C) groups is 1. The first kappa shape index (κ1) is 20.7. The number of aryl methyl sites for hydroxylation is 1. The van der Waals surface area contributed by atoms with E-state index >= 15 is 0 Å². The highest BCUT2D eigenvalue weighted by molar-refractivity contribution is 8.16. The van der Waals surface area contributed by atoms with Crippen LogP contribution in [0.25, 0.3) is 0 Å². The van der Waals surface area contributed by atoms with Crippen LogP contribution < -0.4 is 5.32 Å². The van der Waals surface area contributed by atoms with Gasteiger partial charge in [-0.1, -0.05) is 36.0 Å². The summed E-state index contributed by atoms with van der Waals surface area (Å²) >= 11 is 1.49. The third kappa shape index (κ3) is 4.17. The number of amides is 1. The quantitative estimate of drug-likeness (QED) is 0.692. The number of esters is 1. The Morgan fingerprint density at radius 1 is 1.27 bits per heavy atom. The average Bonchev–Trinajstić information content (AvgIpc) is 3.40. The van der Waals surface area contributed by atoms with E-state index in [-0.39, 0.29) is 30.4 Å². The van der Waals surface area contributed by atoms with Crippen LogP contribution in [0, 0.1) is 6.92 Å². The molecule has 1 aromatic carbocycles. The molecule has 0 radical (unpaired) electrons. The van der Waals surface area contributed by atoms with Crippen LogP contribution in [0.5, 0.6) is 0 Å². The van der Waals surface area contributed by atoms with Crippen LogP contribution in [-0.2, 0) is 14.3 Å². The second kappa shape index (κ2) is 8.30. The summed E-state index contributed by atoms with van der Waals surface area (Å²) in [5, 5.41) is 5.81. The lowest BCUT2D eigenvalue weighted by molar-refractivity contribution is -0.143. The molecule has 2 heterocycles. The lowest BCUT2D eigenvalue weighted by atomic mass is 9.91. The first-order valence-electron chi connectivity index (χ1n) is 10.4. The van der Waals surface area contributed by atoms with E-state index in [1.54, 1.807) is 0 Å². The summed E-state index contributed by atoms with van der Waals surface area (Å²) in [4.78, 5) is 32.4. The normalized spacial score (nSPS) is 20.7. The summed E-state index contributed by atoms with van der Waals surface area (Å²) in [6.45, 7) is 7.57. The highest BCUT2D eigenvalue weighted by Gasteiger charge is 2.42. The van der Waals surface area contributed by atoms with Crippen molar-refractivity contribution in [2.24, 2.45) is 4.99 Å². The van der Waals surface area contributed by atoms with Gasteiger partial charge in [0.05, 0.1) is 29.8 Å². The predicted molar refractivity (Wildman–Crippen MR) is 119 cm³/mol. The number of carbonyl (C=O) groups excluding carboxylic acids is 2. The number of thioether (sulfide) groups is 1. The van der Waals surface area contributed by atoms with Gasteiger partial charge in [-0.05, 0) is 57.1 Å². The highest BCUT2D eigenvalue weighted by atomic mass is 32.2. The van der Waals surface area contributed by atoms with E-state index in [2.05, 4.69) is 5.32 Å². The van der Waals surface area contributed by atoms with E-state index < -0.39 is 0 Å². The Morgan fingerprint density at radius 2 is 2.00 bits per heavy atom. The third-order valence-corrected chi connectivity index (χ3v) is 6.22. The Morgan fingerprint density at radius 3 is 2.67 bits per heavy atom. The number of ether oxygens (including phenoxy) is 1. The number of hydrogen-bond acceptors (Lipinski definition) is 6. The van der Waals surface area contributed by atoms with Gasteiger partial charge in [0.1, 0.15) is 0 Å². The summed E-state index contributed by atoms with van der Waals surface area (Å²) in [5.74, 6) is -0.357. The maximum Gasteiger partial charge on any atom is 0.338 e. The molecule has 1 fully saturated rings. The van der Waals surface area contributed by atoms with Crippen LogP contribution >= 0.6 is 11.8 Å². The molecule has 4 rings (SSSR count). The molecule has 2 aliphatic heterocycles. The number of hydrogen-bond donors (Lipinski definition) is 1. The van der Waals surface area contributed by atoms with Crippen molar-refractivity contribution in [1.82, 2.24) is 10.2 Å². The summed E-state index contributed by atoms with van der Waals surface area (Å²) in [6, 6.07) is 7.96. The number of benzene rings is 1. The predicted octanol–water partition coefficient (Wildman–Crippen LogP) is 4.19. The molecule has 158 valence electrons. The molecule has 0 aromatic heterocycles. The molecule has 1 N–H and O–H groups in total. The van der Waals surface area contributed by atoms with Gasteiger partial charge in [0.15, 0.2) is 5.17 Å². The molecule has 1 aromatic rings. The van der Waals surface area contributed by atoms with Gasteiger partial charge in [0.25, 0.3) is 0 Å². The first-order valence-corrected chi connectivity index (χ1v) is 11.2. The molecule has 30 heavy (non-hydrogen) atoms. The van der Waals surface area contributed by atoms with Crippen LogP contribution in [-0.4, -0.2) is 34.1 Å². The van der Waals surface area contributed by atoms with Crippen molar-refractivity contribution < 1.29 is 14.3 Å². The zero-order chi connectivity index (χ0) is 21.4. The van der Waals surface area contributed by atoms with Crippen molar-refractivity contribution in [3.8, 4) is 0 Å². The number of fused-ring (bicyclic) bond motifs is 1. The van der Waals surface area contributed by atoms with Crippen molar-refractivity contribution in [1.29, 1.82) is 0 Å². The molecule has 0 saturated heterocycles. The third-order valence-electron chi connectivity index (χ3n) is 5.33. The number of amidine groups is 1. The molecule has 1 amide bonds. The minimum Gasteiger partial charge on any atom is -0.459 e. The number of nitrogens with zero attached hydrogens (tertiary/aromatic N) is 2. The Balaban J connectivity index is 1.73. The lowest BCUT2D eigenvalue weighted by Gasteiger charge is -2.37. The zero-order valence-corrected chi connectivity index (χ0v) is 18.6. The molecular formula is C23H27N3O3S. The molecule has 6 nitrogen and oxygen atoms in total. The molecule has 1 saturated carbocycles. The van der Waals surface area contributed by atoms with Crippen LogP contribution in [0.15, 0.2) is 51.6 Å². The minimum absolute atomic E-state index is 0.00622. The largest absolute Gasteiger partial charge is 0.459 e. The summed E-state index contributed by atoms with van der Waals surface area (Å²) in [7, 11) is 0. The number of allylic oxidation sites excluding steroid dienone is 1. The van der Waals surface area contributed by atoms with Gasteiger partial charge in [0.2, 0.25) is 5.91 Å². The van der Waals surface area contributed by atoms with Crippen molar-refractivity contribution in [3.63, 3.8) is 0 Å². The fourth-order valence-electron chi connectivity index (χ4n) is 3.77. The highest BCUT2D eigenvalue weighted by Crippen LogP contribution is 2.45. The second-order valence-electron chi connectivity index (χ2n) is 8.22. The van der Waals surface area contributed by atoms with Crippen molar-refractivity contribution in [3.05, 3.63) is 57.8 Å². The Hall–Kier alpha value is -2.54. The van der Waals surface area contributed by atoms with Gasteiger partial charge in [0, 0.05) is 11.7 Å². The molecule has 1 aliphatic carbocycles. The van der Waals surface area contributed by atoms with Crippen LogP contribution in [0.3, 0.4) is 0 Å². The molecule has 0 unspecified atom stereocenters. The topological polar surface area (TPSA) is 71.0 Å². The van der Waals surface area contributed by atoms with Gasteiger partial charge in [-0.15, -0.1) is 0 Å². The van der Waals surface area contributed by atoms with Gasteiger partial charge in [-0.25, -0.2) is 9.79 Å². The maximum absolute atomic E-state index is 13.1. The molecular weight excluding hydrogens is 398 g/mol. The number of nitrogens with one attached hydrogen (secondary N) is 1. The zero-order valence-electron chi connectivity index (χ0n) is 17.8. The number of rotatable bonds is 6. The molecule has 1 atom stereocenters. The van der Waals surface area contributed by atoms with Crippen LogP contribution in [0.1, 0.15) is 57.2 Å². The minimum atomic E-state index is -0.375. The SMILES string of the molecule is CC1=C(C(=O)OC(C)C)[C@H](c2ccccc2C)N2C(CC(=O)NC3CC3)=CSC2=N1. The first-order chi connectivity index (χ1) is 14.3. The summed E-state index contributed by atoms with van der Waals surface area (Å²) < 4.78 is 5.58. The summed E-state index contributed by atoms with van der Waals surface area (Å²) in [5.41, 5.74) is 4.12. The van der Waals surface area contributed by atoms with Crippen molar-refractivity contribution >= 4 is 28.8 Å². The standard InChI is InChI=1S/C23H27N3O3S/c1-13(2)29-22(28)20-15(4)24-23-26(21(20)18-8-6-5-7-14(18)3)17(12-30-23)11-19(27)25-16-9-10-16/h5-8,12-13,16,21H,9-11H2,1-4H3,(H,25,27)/t21-/m0/s1. The fraction of sp³-hybridized carbons (Fsp3) is 0.435. The van der Waals surface area contributed by atoms with Gasteiger partial charge in [-0.2, -0.15) is 0 Å². The van der Waals surface area contributed by atoms with Crippen LogP contribution in [0.2, 0.25) is 0 Å². The van der Waals surface area contributed by atoms with E-state index in [0.717, 1.165) is 34.8 Å². The molecule has 7 heteroatoms. The smallest absolute Gasteiger partial charge is 0.338 e. The Bertz CT molecular complexity index is 976. The Labute approximate surface area is 181 Å². The monoisotopic (exact) mass is 425 g/mol. The average molecular weight is 426 g/mol. The van der Waals surface area contributed by atoms with Gasteiger partial charge in [-0.3, -0.25) is 4.79 Å². The van der Waals surface area contributed by atoms with E-state index in [1.165, 1.54) is 11.8 Å². The Kier molecular flexibility index (Phi) is 5.73. The maximum atomic E-state index is 13.1. The van der Waals surface area contributed by atoms with E-state index in [4.69, 9.17) is 9.73 Å². The van der Waals surface area contributed by atoms with Gasteiger partial charge < -0.3 is 15.0 Å². The molecule has 3 aliphatic rings. The van der Waals surface area contributed by atoms with Crippen molar-refractivity contribution in [2.45, 2.75) is 65.1 Å². The molecule has 0 spiro atoms. The summed E-state index contributed by atoms with van der Waals surface area (Å²) in [6.07, 6.45) is 2.13. The lowest BCUT2D eigenvalue weighted by Crippen LogP contribution is -2.38. The van der Waals surface area contributed by atoms with E-state index in [1.807, 2.05) is 62.3 Å². The van der Waals surface area contributed by atoms with Crippen LogP contribution in [0.4, 0.5) is 0 Å². The molecule has 0 bridgehead atoms.